The third-order valence-corrected chi connectivity index (χ3v) is 5.49. The molecule has 3 rings (SSSR count). The molecule has 0 aliphatic heterocycles. The summed E-state index contributed by atoms with van der Waals surface area (Å²) in [6.45, 7) is 6.80. The predicted octanol–water partition coefficient (Wildman–Crippen LogP) is 3.68. The fourth-order valence-corrected chi connectivity index (χ4v) is 3.94. The number of aryl methyl sites for hydroxylation is 2. The SMILES string of the molecule is CCN(C(=O)CSc1nnnn1-c1cc(C)ccc1C)C1=CCCCC1. The second kappa shape index (κ2) is 8.49. The maximum absolute atomic E-state index is 12.7. The molecule has 0 spiro atoms. The van der Waals surface area contributed by atoms with E-state index in [1.54, 1.807) is 4.68 Å². The molecule has 1 amide bonds. The van der Waals surface area contributed by atoms with E-state index < -0.39 is 0 Å². The monoisotopic (exact) mass is 371 g/mol. The number of aromatic nitrogens is 4. The van der Waals surface area contributed by atoms with E-state index in [4.69, 9.17) is 0 Å². The number of thioether (sulfide) groups is 1. The second-order valence-electron chi connectivity index (χ2n) is 6.53. The van der Waals surface area contributed by atoms with E-state index in [-0.39, 0.29) is 5.91 Å². The Labute approximate surface area is 158 Å². The standard InChI is InChI=1S/C19H25N5OS/c1-4-23(16-8-6-5-7-9-16)18(25)13-26-19-20-21-22-24(19)17-12-14(2)10-11-15(17)3/h8,10-12H,4-7,9,13H2,1-3H3. The minimum absolute atomic E-state index is 0.112. The van der Waals surface area contributed by atoms with E-state index in [0.29, 0.717) is 17.5 Å². The molecular weight excluding hydrogens is 346 g/mol. The molecule has 0 N–H and O–H groups in total. The summed E-state index contributed by atoms with van der Waals surface area (Å²) in [5, 5.41) is 12.7. The van der Waals surface area contributed by atoms with E-state index in [1.165, 1.54) is 23.9 Å². The summed E-state index contributed by atoms with van der Waals surface area (Å²) < 4.78 is 1.72. The quantitative estimate of drug-likeness (QED) is 0.725. The number of tetrazole rings is 1. The van der Waals surface area contributed by atoms with Crippen molar-refractivity contribution in [2.24, 2.45) is 0 Å². The van der Waals surface area contributed by atoms with Crippen molar-refractivity contribution in [3.63, 3.8) is 0 Å². The molecule has 1 aromatic heterocycles. The molecule has 0 bridgehead atoms. The number of benzene rings is 1. The Morgan fingerprint density at radius 1 is 1.31 bits per heavy atom. The van der Waals surface area contributed by atoms with Crippen LogP contribution in [0.1, 0.15) is 43.7 Å². The summed E-state index contributed by atoms with van der Waals surface area (Å²) in [6, 6.07) is 6.18. The summed E-state index contributed by atoms with van der Waals surface area (Å²) in [5.41, 5.74) is 4.36. The second-order valence-corrected chi connectivity index (χ2v) is 7.47. The normalized spacial score (nSPS) is 14.2. The van der Waals surface area contributed by atoms with Crippen molar-refractivity contribution in [1.29, 1.82) is 0 Å². The Morgan fingerprint density at radius 2 is 2.15 bits per heavy atom. The zero-order valence-electron chi connectivity index (χ0n) is 15.6. The number of carbonyl (C=O) groups is 1. The highest BCUT2D eigenvalue weighted by molar-refractivity contribution is 7.99. The number of hydrogen-bond acceptors (Lipinski definition) is 5. The third-order valence-electron chi connectivity index (χ3n) is 4.59. The smallest absolute Gasteiger partial charge is 0.237 e. The van der Waals surface area contributed by atoms with Gasteiger partial charge in [0.15, 0.2) is 0 Å². The van der Waals surface area contributed by atoms with E-state index in [2.05, 4.69) is 39.8 Å². The van der Waals surface area contributed by atoms with Crippen LogP contribution < -0.4 is 0 Å². The number of allylic oxidation sites excluding steroid dienone is 2. The van der Waals surface area contributed by atoms with Gasteiger partial charge in [-0.25, -0.2) is 0 Å². The lowest BCUT2D eigenvalue weighted by Crippen LogP contribution is -2.32. The van der Waals surface area contributed by atoms with Crippen molar-refractivity contribution in [1.82, 2.24) is 25.1 Å². The van der Waals surface area contributed by atoms with Gasteiger partial charge in [-0.2, -0.15) is 4.68 Å². The van der Waals surface area contributed by atoms with Gasteiger partial charge in [0.1, 0.15) is 0 Å². The van der Waals surface area contributed by atoms with Gasteiger partial charge >= 0.3 is 0 Å². The zero-order chi connectivity index (χ0) is 18.5. The Balaban J connectivity index is 1.72. The topological polar surface area (TPSA) is 63.9 Å². The van der Waals surface area contributed by atoms with Crippen LogP contribution in [0.4, 0.5) is 0 Å². The highest BCUT2D eigenvalue weighted by atomic mass is 32.2. The van der Waals surface area contributed by atoms with Crippen molar-refractivity contribution < 1.29 is 4.79 Å². The summed E-state index contributed by atoms with van der Waals surface area (Å²) in [5.74, 6) is 0.442. The van der Waals surface area contributed by atoms with Crippen molar-refractivity contribution in [3.05, 3.63) is 41.1 Å². The van der Waals surface area contributed by atoms with Gasteiger partial charge in [-0.3, -0.25) is 4.79 Å². The number of carbonyl (C=O) groups excluding carboxylic acids is 1. The lowest BCUT2D eigenvalue weighted by Gasteiger charge is -2.26. The molecule has 0 atom stereocenters. The molecule has 1 aromatic carbocycles. The molecule has 7 heteroatoms. The van der Waals surface area contributed by atoms with Crippen LogP contribution in [0.15, 0.2) is 35.1 Å². The Morgan fingerprint density at radius 3 is 2.88 bits per heavy atom. The number of amides is 1. The Kier molecular flexibility index (Phi) is 6.08. The first-order chi connectivity index (χ1) is 12.6. The van der Waals surface area contributed by atoms with Gasteiger partial charge < -0.3 is 4.90 Å². The van der Waals surface area contributed by atoms with Gasteiger partial charge in [-0.15, -0.1) is 5.10 Å². The molecule has 138 valence electrons. The molecule has 0 fully saturated rings. The van der Waals surface area contributed by atoms with E-state index in [0.717, 1.165) is 36.1 Å². The van der Waals surface area contributed by atoms with Crippen LogP contribution in [0.2, 0.25) is 0 Å². The maximum atomic E-state index is 12.7. The molecule has 1 aliphatic carbocycles. The van der Waals surface area contributed by atoms with E-state index >= 15 is 0 Å². The third kappa shape index (κ3) is 4.15. The van der Waals surface area contributed by atoms with Crippen LogP contribution >= 0.6 is 11.8 Å². The molecule has 0 saturated heterocycles. The first-order valence-electron chi connectivity index (χ1n) is 9.08. The van der Waals surface area contributed by atoms with Gasteiger partial charge in [0.2, 0.25) is 11.1 Å². The van der Waals surface area contributed by atoms with Gasteiger partial charge in [-0.05, 0) is 74.1 Å². The van der Waals surface area contributed by atoms with E-state index in [1.807, 2.05) is 25.7 Å². The number of hydrogen-bond donors (Lipinski definition) is 0. The predicted molar refractivity (Wildman–Crippen MR) is 103 cm³/mol. The van der Waals surface area contributed by atoms with Crippen molar-refractivity contribution in [3.8, 4) is 5.69 Å². The molecule has 1 heterocycles. The highest BCUT2D eigenvalue weighted by Gasteiger charge is 2.20. The number of nitrogens with zero attached hydrogens (tertiary/aromatic N) is 5. The molecule has 0 radical (unpaired) electrons. The van der Waals surface area contributed by atoms with Gasteiger partial charge in [0.25, 0.3) is 0 Å². The van der Waals surface area contributed by atoms with Crippen molar-refractivity contribution >= 4 is 17.7 Å². The molecule has 1 aliphatic rings. The minimum atomic E-state index is 0.112. The van der Waals surface area contributed by atoms with E-state index in [9.17, 15) is 4.79 Å². The minimum Gasteiger partial charge on any atom is -0.316 e. The molecule has 0 unspecified atom stereocenters. The summed E-state index contributed by atoms with van der Waals surface area (Å²) in [7, 11) is 0. The number of rotatable bonds is 6. The lowest BCUT2D eigenvalue weighted by molar-refractivity contribution is -0.126. The first-order valence-corrected chi connectivity index (χ1v) is 10.1. The first kappa shape index (κ1) is 18.6. The van der Waals surface area contributed by atoms with Gasteiger partial charge in [-0.1, -0.05) is 30.0 Å². The van der Waals surface area contributed by atoms with Crippen molar-refractivity contribution in [2.75, 3.05) is 12.3 Å². The van der Waals surface area contributed by atoms with Crippen LogP contribution in [0.5, 0.6) is 0 Å². The van der Waals surface area contributed by atoms with Crippen LogP contribution in [0.3, 0.4) is 0 Å². The molecule has 2 aromatic rings. The molecule has 6 nitrogen and oxygen atoms in total. The maximum Gasteiger partial charge on any atom is 0.237 e. The van der Waals surface area contributed by atoms with Crippen LogP contribution in [-0.4, -0.2) is 43.3 Å². The Bertz CT molecular complexity index is 814. The fourth-order valence-electron chi connectivity index (χ4n) is 3.18. The van der Waals surface area contributed by atoms with Crippen LogP contribution in [0.25, 0.3) is 5.69 Å². The molecule has 0 saturated carbocycles. The average molecular weight is 372 g/mol. The van der Waals surface area contributed by atoms with Crippen molar-refractivity contribution in [2.45, 2.75) is 51.6 Å². The zero-order valence-corrected chi connectivity index (χ0v) is 16.4. The van der Waals surface area contributed by atoms with Gasteiger partial charge in [0, 0.05) is 12.2 Å². The highest BCUT2D eigenvalue weighted by Crippen LogP contribution is 2.24. The summed E-state index contributed by atoms with van der Waals surface area (Å²) in [6.07, 6.45) is 6.64. The summed E-state index contributed by atoms with van der Waals surface area (Å²) >= 11 is 1.39. The average Bonchev–Trinajstić information content (AvgIpc) is 3.12. The Hall–Kier alpha value is -2.15. The lowest BCUT2D eigenvalue weighted by atomic mass is 10.0. The molecule has 26 heavy (non-hydrogen) atoms. The fraction of sp³-hybridized carbons (Fsp3) is 0.474. The van der Waals surface area contributed by atoms with Crippen LogP contribution in [-0.2, 0) is 4.79 Å². The largest absolute Gasteiger partial charge is 0.316 e. The molecular formula is C19H25N5OS. The van der Waals surface area contributed by atoms with Gasteiger partial charge in [0.05, 0.1) is 11.4 Å². The van der Waals surface area contributed by atoms with Crippen LogP contribution in [0, 0.1) is 13.8 Å². The summed E-state index contributed by atoms with van der Waals surface area (Å²) in [4.78, 5) is 14.6.